The van der Waals surface area contributed by atoms with Crippen LogP contribution < -0.4 is 10.1 Å². The highest BCUT2D eigenvalue weighted by atomic mass is 19.4. The van der Waals surface area contributed by atoms with Gasteiger partial charge in [-0.15, -0.1) is 13.2 Å². The maximum absolute atomic E-state index is 12.2. The molecule has 2 aliphatic heterocycles. The number of hydrogen-bond acceptors (Lipinski definition) is 7. The molecule has 2 heterocycles. The fourth-order valence-corrected chi connectivity index (χ4v) is 3.18. The van der Waals surface area contributed by atoms with E-state index in [1.165, 1.54) is 24.3 Å². The van der Waals surface area contributed by atoms with Gasteiger partial charge in [-0.1, -0.05) is 12.1 Å². The Morgan fingerprint density at radius 2 is 1.90 bits per heavy atom. The van der Waals surface area contributed by atoms with E-state index in [4.69, 9.17) is 0 Å². The van der Waals surface area contributed by atoms with Gasteiger partial charge in [0.25, 0.3) is 0 Å². The number of amidine groups is 1. The van der Waals surface area contributed by atoms with Gasteiger partial charge in [-0.2, -0.15) is 0 Å². The molecule has 0 aromatic heterocycles. The molecule has 30 heavy (non-hydrogen) atoms. The number of ether oxygens (including phenoxy) is 1. The monoisotopic (exact) mass is 427 g/mol. The number of benzene rings is 1. The van der Waals surface area contributed by atoms with Crippen molar-refractivity contribution >= 4 is 12.2 Å². The van der Waals surface area contributed by atoms with Crippen LogP contribution in [-0.4, -0.2) is 84.9 Å². The van der Waals surface area contributed by atoms with Gasteiger partial charge >= 0.3 is 6.36 Å². The lowest BCUT2D eigenvalue weighted by atomic mass is 10.1. The first-order valence-corrected chi connectivity index (χ1v) is 9.44. The molecule has 1 unspecified atom stereocenters. The number of aliphatic imine (C=N–C) groups is 1. The molecule has 2 N–H and O–H groups in total. The van der Waals surface area contributed by atoms with Gasteiger partial charge in [0.1, 0.15) is 24.1 Å². The molecule has 1 amide bonds. The van der Waals surface area contributed by atoms with Crippen molar-refractivity contribution in [3.8, 4) is 5.75 Å². The minimum absolute atomic E-state index is 0.168. The number of hydrogen-bond donors (Lipinski definition) is 2. The molecule has 0 bridgehead atoms. The van der Waals surface area contributed by atoms with Crippen LogP contribution in [0.3, 0.4) is 0 Å². The van der Waals surface area contributed by atoms with Gasteiger partial charge < -0.3 is 29.9 Å². The lowest BCUT2D eigenvalue weighted by molar-refractivity contribution is -0.274. The maximum Gasteiger partial charge on any atom is 0.573 e. The van der Waals surface area contributed by atoms with E-state index in [1.807, 2.05) is 18.0 Å². The van der Waals surface area contributed by atoms with Crippen molar-refractivity contribution in [1.82, 2.24) is 20.0 Å². The fourth-order valence-electron chi connectivity index (χ4n) is 3.18. The van der Waals surface area contributed by atoms with Crippen LogP contribution >= 0.6 is 0 Å². The lowest BCUT2D eigenvalue weighted by Gasteiger charge is -2.36. The van der Waals surface area contributed by atoms with Crippen molar-refractivity contribution in [3.63, 3.8) is 0 Å². The topological polar surface area (TPSA) is 80.6 Å². The number of piperazine rings is 1. The van der Waals surface area contributed by atoms with E-state index in [2.05, 4.69) is 19.9 Å². The number of aliphatic hydroxyl groups excluding tert-OH is 1. The van der Waals surface area contributed by atoms with Gasteiger partial charge in [0.2, 0.25) is 6.41 Å². The van der Waals surface area contributed by atoms with Crippen LogP contribution in [0.25, 0.3) is 0 Å². The zero-order chi connectivity index (χ0) is 21.7. The molecule has 2 aliphatic rings. The third-order valence-electron chi connectivity index (χ3n) is 4.88. The fraction of sp³-hybridized carbons (Fsp3) is 0.474. The zero-order valence-corrected chi connectivity index (χ0v) is 16.5. The Kier molecular flexibility index (Phi) is 6.70. The summed E-state index contributed by atoms with van der Waals surface area (Å²) in [6.07, 6.45) is -2.94. The lowest BCUT2D eigenvalue weighted by Crippen LogP contribution is -2.49. The largest absolute Gasteiger partial charge is 0.573 e. The van der Waals surface area contributed by atoms with Crippen LogP contribution in [0.4, 0.5) is 13.2 Å². The maximum atomic E-state index is 12.2. The van der Waals surface area contributed by atoms with Crippen LogP contribution in [-0.2, 0) is 4.79 Å². The molecule has 164 valence electrons. The van der Waals surface area contributed by atoms with Crippen molar-refractivity contribution in [1.29, 1.82) is 0 Å². The highest BCUT2D eigenvalue weighted by Crippen LogP contribution is 2.24. The summed E-state index contributed by atoms with van der Waals surface area (Å²) in [5.41, 5.74) is 0.468. The van der Waals surface area contributed by atoms with E-state index >= 15 is 0 Å². The number of alkyl halides is 3. The van der Waals surface area contributed by atoms with E-state index in [9.17, 15) is 23.1 Å². The molecule has 0 aliphatic carbocycles. The molecule has 1 saturated heterocycles. The molecule has 8 nitrogen and oxygen atoms in total. The minimum Gasteiger partial charge on any atom is -0.406 e. The smallest absolute Gasteiger partial charge is 0.406 e. The number of carbonyl (C=O) groups is 1. The zero-order valence-electron chi connectivity index (χ0n) is 16.5. The predicted octanol–water partition coefficient (Wildman–Crippen LogP) is 1.12. The van der Waals surface area contributed by atoms with E-state index in [-0.39, 0.29) is 12.3 Å². The summed E-state index contributed by atoms with van der Waals surface area (Å²) in [6, 6.07) is 5.13. The molecule has 3 rings (SSSR count). The van der Waals surface area contributed by atoms with Gasteiger partial charge in [-0.25, -0.2) is 4.99 Å². The number of nitrogens with zero attached hydrogens (tertiary/aromatic N) is 4. The van der Waals surface area contributed by atoms with Crippen molar-refractivity contribution in [2.75, 3.05) is 46.4 Å². The predicted molar refractivity (Wildman–Crippen MR) is 103 cm³/mol. The van der Waals surface area contributed by atoms with Crippen LogP contribution in [0.15, 0.2) is 41.2 Å². The molecule has 1 aromatic rings. The van der Waals surface area contributed by atoms with Crippen molar-refractivity contribution in [2.45, 2.75) is 12.5 Å². The van der Waals surface area contributed by atoms with Crippen LogP contribution in [0.2, 0.25) is 0 Å². The average molecular weight is 427 g/mol. The third-order valence-corrected chi connectivity index (χ3v) is 4.88. The summed E-state index contributed by atoms with van der Waals surface area (Å²) in [4.78, 5) is 21.1. The Morgan fingerprint density at radius 3 is 2.50 bits per heavy atom. The summed E-state index contributed by atoms with van der Waals surface area (Å²) in [6.45, 7) is 3.28. The molecule has 11 heteroatoms. The molecule has 0 radical (unpaired) electrons. The summed E-state index contributed by atoms with van der Waals surface area (Å²) in [5.74, 6) is 1.25. The van der Waals surface area contributed by atoms with Gasteiger partial charge in [0.15, 0.2) is 0 Å². The first kappa shape index (κ1) is 21.8. The van der Waals surface area contributed by atoms with Crippen LogP contribution in [0, 0.1) is 0 Å². The highest BCUT2D eigenvalue weighted by molar-refractivity contribution is 5.94. The summed E-state index contributed by atoms with van der Waals surface area (Å²) in [5, 5.41) is 13.5. The Balaban J connectivity index is 1.56. The first-order chi connectivity index (χ1) is 14.2. The second kappa shape index (κ2) is 9.24. The molecule has 0 spiro atoms. The number of rotatable bonds is 6. The summed E-state index contributed by atoms with van der Waals surface area (Å²) >= 11 is 0. The highest BCUT2D eigenvalue weighted by Gasteiger charge is 2.31. The standard InChI is InChI=1S/C19H24F3N5O3/c1-25-12-24-18(27-8-6-26(13-28)7-9-27)10-17(25)23-11-16(29)14-2-4-15(5-3-14)30-19(20,21)22/h2-5,10,13,16,23,29H,6-9,11-12H2,1H3. The second-order valence-corrected chi connectivity index (χ2v) is 7.03. The van der Waals surface area contributed by atoms with Gasteiger partial charge in [-0.3, -0.25) is 4.79 Å². The number of aliphatic hydroxyl groups is 1. The normalized spacial score (nSPS) is 18.5. The Bertz CT molecular complexity index is 790. The van der Waals surface area contributed by atoms with E-state index < -0.39 is 12.5 Å². The third kappa shape index (κ3) is 5.78. The second-order valence-electron chi connectivity index (χ2n) is 7.03. The molecular formula is C19H24F3N5O3. The van der Waals surface area contributed by atoms with Crippen LogP contribution in [0.5, 0.6) is 5.75 Å². The van der Waals surface area contributed by atoms with E-state index in [1.54, 1.807) is 4.90 Å². The molecule has 1 aromatic carbocycles. The van der Waals surface area contributed by atoms with Crippen molar-refractivity contribution < 1.29 is 27.8 Å². The average Bonchev–Trinajstić information content (AvgIpc) is 2.72. The SMILES string of the molecule is CN1CN=C(N2CCN(C=O)CC2)C=C1NCC(O)c1ccc(OC(F)(F)F)cc1. The van der Waals surface area contributed by atoms with Gasteiger partial charge in [0.05, 0.1) is 6.10 Å². The minimum atomic E-state index is -4.75. The summed E-state index contributed by atoms with van der Waals surface area (Å²) < 4.78 is 40.6. The molecule has 1 atom stereocenters. The Labute approximate surface area is 172 Å². The van der Waals surface area contributed by atoms with Gasteiger partial charge in [0, 0.05) is 45.8 Å². The van der Waals surface area contributed by atoms with Crippen molar-refractivity contribution in [3.05, 3.63) is 41.7 Å². The van der Waals surface area contributed by atoms with E-state index in [0.29, 0.717) is 38.4 Å². The Morgan fingerprint density at radius 1 is 1.23 bits per heavy atom. The molecular weight excluding hydrogens is 403 g/mol. The molecule has 1 fully saturated rings. The molecule has 0 saturated carbocycles. The number of halogens is 3. The van der Waals surface area contributed by atoms with Crippen LogP contribution in [0.1, 0.15) is 11.7 Å². The number of amides is 1. The summed E-state index contributed by atoms with van der Waals surface area (Å²) in [7, 11) is 1.86. The first-order valence-electron chi connectivity index (χ1n) is 9.44. The number of carbonyl (C=O) groups excluding carboxylic acids is 1. The number of nitrogens with one attached hydrogen (secondary N) is 1. The Hall–Kier alpha value is -2.95. The van der Waals surface area contributed by atoms with Gasteiger partial charge in [-0.05, 0) is 17.7 Å². The van der Waals surface area contributed by atoms with Crippen molar-refractivity contribution in [2.24, 2.45) is 4.99 Å². The van der Waals surface area contributed by atoms with E-state index in [0.717, 1.165) is 18.1 Å². The quantitative estimate of drug-likeness (QED) is 0.663.